The summed E-state index contributed by atoms with van der Waals surface area (Å²) in [5, 5.41) is 3.03. The van der Waals surface area contributed by atoms with Gasteiger partial charge >= 0.3 is 0 Å². The van der Waals surface area contributed by atoms with Crippen molar-refractivity contribution in [2.75, 3.05) is 19.0 Å². The summed E-state index contributed by atoms with van der Waals surface area (Å²) in [6, 6.07) is 19.8. The van der Waals surface area contributed by atoms with E-state index in [0.717, 1.165) is 24.2 Å². The van der Waals surface area contributed by atoms with Gasteiger partial charge in [0.2, 0.25) is 5.91 Å². The van der Waals surface area contributed by atoms with Crippen molar-refractivity contribution < 1.29 is 18.8 Å². The van der Waals surface area contributed by atoms with Crippen molar-refractivity contribution in [1.29, 1.82) is 0 Å². The van der Waals surface area contributed by atoms with E-state index in [1.54, 1.807) is 7.11 Å². The summed E-state index contributed by atoms with van der Waals surface area (Å²) >= 11 is 0. The van der Waals surface area contributed by atoms with E-state index in [9.17, 15) is 4.79 Å². The summed E-state index contributed by atoms with van der Waals surface area (Å²) < 4.78 is 13.9. The number of carbonyl (C=O) groups is 1. The molecule has 228 valence electrons. The fourth-order valence-corrected chi connectivity index (χ4v) is 5.32. The molecule has 0 fully saturated rings. The van der Waals surface area contributed by atoms with Crippen molar-refractivity contribution in [2.45, 2.75) is 110 Å². The lowest BCUT2D eigenvalue weighted by atomic mass is 10.0. The number of para-hydroxylation sites is 1. The number of carbonyl (C=O) groups excluding carboxylic acids is 1. The Bertz CT molecular complexity index is 1130. The van der Waals surface area contributed by atoms with Crippen molar-refractivity contribution >= 4 is 11.6 Å². The van der Waals surface area contributed by atoms with Gasteiger partial charge in [0.05, 0.1) is 20.1 Å². The number of benzene rings is 2. The summed E-state index contributed by atoms with van der Waals surface area (Å²) in [5.74, 6) is 1.28. The van der Waals surface area contributed by atoms with Crippen LogP contribution < -0.4 is 19.4 Å². The highest BCUT2D eigenvalue weighted by atomic mass is 16.5. The molecule has 3 aromatic rings. The van der Waals surface area contributed by atoms with E-state index in [-0.39, 0.29) is 12.3 Å². The Labute approximate surface area is 254 Å². The van der Waals surface area contributed by atoms with E-state index in [0.29, 0.717) is 18.1 Å². The van der Waals surface area contributed by atoms with Gasteiger partial charge in [0.1, 0.15) is 0 Å². The third-order valence-electron chi connectivity index (χ3n) is 7.76. The number of rotatable bonds is 22. The minimum atomic E-state index is -0.0743. The van der Waals surface area contributed by atoms with Gasteiger partial charge in [0.25, 0.3) is 0 Å². The molecule has 3 rings (SSSR count). The molecule has 0 unspecified atom stereocenters. The summed E-state index contributed by atoms with van der Waals surface area (Å²) in [4.78, 5) is 12.9. The summed E-state index contributed by atoms with van der Waals surface area (Å²) in [6.45, 7) is 3.70. The van der Waals surface area contributed by atoms with Gasteiger partial charge in [-0.1, -0.05) is 121 Å². The molecular weight excluding hydrogens is 520 g/mol. The minimum absolute atomic E-state index is 0.0743. The molecule has 0 saturated heterocycles. The van der Waals surface area contributed by atoms with Gasteiger partial charge in [-0.25, -0.2) is 4.57 Å². The number of hydrogen-bond acceptors (Lipinski definition) is 3. The monoisotopic (exact) mass is 573 g/mol. The highest BCUT2D eigenvalue weighted by molar-refractivity contribution is 5.92. The number of aromatic nitrogens is 1. The van der Waals surface area contributed by atoms with Crippen molar-refractivity contribution in [2.24, 2.45) is 0 Å². The van der Waals surface area contributed by atoms with Crippen LogP contribution in [0.3, 0.4) is 0 Å². The maximum absolute atomic E-state index is 12.9. The highest BCUT2D eigenvalue weighted by Crippen LogP contribution is 2.32. The number of nitrogens with one attached hydrogen (secondary N) is 1. The van der Waals surface area contributed by atoms with E-state index in [1.165, 1.54) is 89.0 Å². The largest absolute Gasteiger partial charge is 0.493 e. The van der Waals surface area contributed by atoms with Gasteiger partial charge in [-0.15, -0.1) is 0 Å². The maximum atomic E-state index is 12.9. The Morgan fingerprint density at radius 2 is 1.31 bits per heavy atom. The van der Waals surface area contributed by atoms with E-state index >= 15 is 0 Å². The van der Waals surface area contributed by atoms with Crippen LogP contribution in [0.25, 0.3) is 0 Å². The fourth-order valence-electron chi connectivity index (χ4n) is 5.32. The first-order chi connectivity index (χ1) is 20.7. The van der Waals surface area contributed by atoms with Crippen LogP contribution >= 0.6 is 0 Å². The Balaban J connectivity index is 1.33. The van der Waals surface area contributed by atoms with Crippen molar-refractivity contribution in [3.05, 3.63) is 84.2 Å². The van der Waals surface area contributed by atoms with E-state index in [4.69, 9.17) is 9.47 Å². The molecule has 0 saturated carbocycles. The zero-order valence-corrected chi connectivity index (χ0v) is 26.1. The van der Waals surface area contributed by atoms with E-state index in [1.807, 2.05) is 73.1 Å². The molecule has 0 aliphatic heterocycles. The summed E-state index contributed by atoms with van der Waals surface area (Å²) in [6.07, 6.45) is 23.0. The smallest absolute Gasteiger partial charge is 0.228 e. The maximum Gasteiger partial charge on any atom is 0.228 e. The molecule has 42 heavy (non-hydrogen) atoms. The first kappa shape index (κ1) is 33.2. The molecule has 1 heterocycles. The molecule has 0 spiro atoms. The molecule has 5 nitrogen and oxygen atoms in total. The van der Waals surface area contributed by atoms with Gasteiger partial charge in [-0.2, -0.15) is 0 Å². The Hall–Kier alpha value is -3.34. The van der Waals surface area contributed by atoms with Crippen LogP contribution in [0, 0.1) is 0 Å². The number of nitrogens with zero attached hydrogens (tertiary/aromatic N) is 1. The molecule has 2 aromatic carbocycles. The quantitative estimate of drug-likeness (QED) is 0.0963. The fraction of sp³-hybridized carbons (Fsp3) is 0.514. The average molecular weight is 574 g/mol. The van der Waals surface area contributed by atoms with E-state index < -0.39 is 0 Å². The minimum Gasteiger partial charge on any atom is -0.493 e. The lowest BCUT2D eigenvalue weighted by Crippen LogP contribution is -2.32. The zero-order valence-electron chi connectivity index (χ0n) is 26.1. The normalized spacial score (nSPS) is 10.9. The lowest BCUT2D eigenvalue weighted by Gasteiger charge is -2.15. The summed E-state index contributed by atoms with van der Waals surface area (Å²) in [7, 11) is 1.65. The number of methoxy groups -OCH3 is 1. The number of amides is 1. The van der Waals surface area contributed by atoms with Gasteiger partial charge < -0.3 is 14.8 Å². The first-order valence-electron chi connectivity index (χ1n) is 16.3. The van der Waals surface area contributed by atoms with Crippen molar-refractivity contribution in [3.8, 4) is 11.5 Å². The standard InChI is InChI=1S/C37H52N2O3/c1-3-4-5-6-7-8-9-10-11-12-13-14-15-19-29-42-37-33(21-20-22-35(37)41-2)30-36(40)38-34-25-23-32(24-26-34)31-39-27-17-16-18-28-39/h16-18,20-28H,3-15,19,29-31H2,1-2H3/p+1. The van der Waals surface area contributed by atoms with Crippen molar-refractivity contribution in [3.63, 3.8) is 0 Å². The predicted molar refractivity (Wildman–Crippen MR) is 173 cm³/mol. The van der Waals surface area contributed by atoms with Gasteiger partial charge in [0.15, 0.2) is 30.4 Å². The summed E-state index contributed by atoms with van der Waals surface area (Å²) in [5.41, 5.74) is 2.81. The molecule has 1 aromatic heterocycles. The molecule has 0 aliphatic rings. The molecular formula is C37H53N2O3+. The number of ether oxygens (including phenoxy) is 2. The Morgan fingerprint density at radius 3 is 1.90 bits per heavy atom. The van der Waals surface area contributed by atoms with Crippen LogP contribution in [0.15, 0.2) is 73.1 Å². The molecule has 1 N–H and O–H groups in total. The third-order valence-corrected chi connectivity index (χ3v) is 7.76. The van der Waals surface area contributed by atoms with Crippen LogP contribution in [0.1, 0.15) is 108 Å². The van der Waals surface area contributed by atoms with Crippen molar-refractivity contribution in [1.82, 2.24) is 0 Å². The molecule has 5 heteroatoms. The predicted octanol–water partition coefficient (Wildman–Crippen LogP) is 9.07. The average Bonchev–Trinajstić information content (AvgIpc) is 3.01. The molecule has 0 bridgehead atoms. The van der Waals surface area contributed by atoms with Gasteiger partial charge in [-0.3, -0.25) is 4.79 Å². The SMILES string of the molecule is CCCCCCCCCCCCCCCCOc1c(CC(=O)Nc2ccc(C[n+]3ccccc3)cc2)cccc1OC. The van der Waals surface area contributed by atoms with Crippen LogP contribution in [0.4, 0.5) is 5.69 Å². The van der Waals surface area contributed by atoms with Gasteiger partial charge in [-0.05, 0) is 24.6 Å². The van der Waals surface area contributed by atoms with Gasteiger partial charge in [0, 0.05) is 28.9 Å². The van der Waals surface area contributed by atoms with Crippen LogP contribution in [-0.2, 0) is 17.8 Å². The second kappa shape index (κ2) is 20.5. The van der Waals surface area contributed by atoms with Crippen LogP contribution in [-0.4, -0.2) is 19.6 Å². The molecule has 1 amide bonds. The number of anilines is 1. The number of unbranched alkanes of at least 4 members (excludes halogenated alkanes) is 13. The molecule has 0 aliphatic carbocycles. The second-order valence-corrected chi connectivity index (χ2v) is 11.4. The number of hydrogen-bond donors (Lipinski definition) is 1. The first-order valence-corrected chi connectivity index (χ1v) is 16.3. The zero-order chi connectivity index (χ0) is 29.7. The molecule has 0 atom stereocenters. The Kier molecular flexibility index (Phi) is 16.2. The molecule has 0 radical (unpaired) electrons. The topological polar surface area (TPSA) is 51.4 Å². The van der Waals surface area contributed by atoms with Crippen LogP contribution in [0.5, 0.6) is 11.5 Å². The Morgan fingerprint density at radius 1 is 0.714 bits per heavy atom. The van der Waals surface area contributed by atoms with E-state index in [2.05, 4.69) is 16.8 Å². The lowest BCUT2D eigenvalue weighted by molar-refractivity contribution is -0.688. The highest BCUT2D eigenvalue weighted by Gasteiger charge is 2.14. The second-order valence-electron chi connectivity index (χ2n) is 11.4. The number of pyridine rings is 1. The third kappa shape index (κ3) is 13.1. The van der Waals surface area contributed by atoms with Crippen LogP contribution in [0.2, 0.25) is 0 Å².